The Morgan fingerprint density at radius 3 is 3.00 bits per heavy atom. The molecule has 0 fully saturated rings. The van der Waals surface area contributed by atoms with Crippen LogP contribution in [0.4, 0.5) is 5.69 Å². The van der Waals surface area contributed by atoms with Gasteiger partial charge in [-0.1, -0.05) is 25.8 Å². The molecule has 0 aliphatic rings. The number of hydrogen-bond donors (Lipinski definition) is 1. The summed E-state index contributed by atoms with van der Waals surface area (Å²) >= 11 is 0. The van der Waals surface area contributed by atoms with E-state index in [0.29, 0.717) is 6.04 Å². The number of aromatic nitrogens is 1. The number of pyridine rings is 1. The standard InChI is InChI=1S/C15H20N2/c1-3-4-6-12(2)17-14-8-9-15-13(11-14)7-5-10-16-15/h5,7-12,17H,3-4,6H2,1-2H3. The molecule has 0 spiro atoms. The molecule has 0 bridgehead atoms. The van der Waals surface area contributed by atoms with Gasteiger partial charge in [-0.2, -0.15) is 0 Å². The Bertz CT molecular complexity index is 479. The van der Waals surface area contributed by atoms with E-state index in [0.717, 1.165) is 5.52 Å². The van der Waals surface area contributed by atoms with E-state index in [9.17, 15) is 0 Å². The van der Waals surface area contributed by atoms with Gasteiger partial charge in [0.05, 0.1) is 5.52 Å². The van der Waals surface area contributed by atoms with Crippen molar-refractivity contribution in [3.05, 3.63) is 36.5 Å². The molecule has 17 heavy (non-hydrogen) atoms. The van der Waals surface area contributed by atoms with Gasteiger partial charge < -0.3 is 5.32 Å². The quantitative estimate of drug-likeness (QED) is 0.828. The minimum atomic E-state index is 0.532. The van der Waals surface area contributed by atoms with Crippen molar-refractivity contribution < 1.29 is 0 Å². The number of fused-ring (bicyclic) bond motifs is 1. The highest BCUT2D eigenvalue weighted by Gasteiger charge is 2.02. The van der Waals surface area contributed by atoms with Gasteiger partial charge >= 0.3 is 0 Å². The third kappa shape index (κ3) is 3.19. The van der Waals surface area contributed by atoms with Gasteiger partial charge in [0.15, 0.2) is 0 Å². The highest BCUT2D eigenvalue weighted by molar-refractivity contribution is 5.82. The van der Waals surface area contributed by atoms with E-state index in [1.165, 1.54) is 30.3 Å². The van der Waals surface area contributed by atoms with E-state index >= 15 is 0 Å². The lowest BCUT2D eigenvalue weighted by atomic mass is 10.1. The Labute approximate surface area is 103 Å². The molecule has 1 heterocycles. The van der Waals surface area contributed by atoms with E-state index in [4.69, 9.17) is 0 Å². The maximum atomic E-state index is 4.32. The van der Waals surface area contributed by atoms with Gasteiger partial charge in [0.25, 0.3) is 0 Å². The summed E-state index contributed by atoms with van der Waals surface area (Å²) in [5, 5.41) is 4.74. The summed E-state index contributed by atoms with van der Waals surface area (Å²) in [5.41, 5.74) is 2.24. The van der Waals surface area contributed by atoms with Gasteiger partial charge in [0.2, 0.25) is 0 Å². The number of anilines is 1. The molecule has 1 aromatic carbocycles. The minimum Gasteiger partial charge on any atom is -0.383 e. The lowest BCUT2D eigenvalue weighted by Crippen LogP contribution is -2.14. The van der Waals surface area contributed by atoms with E-state index in [1.807, 2.05) is 12.3 Å². The average molecular weight is 228 g/mol. The normalized spacial score (nSPS) is 12.6. The molecule has 1 unspecified atom stereocenters. The second-order valence-corrected chi connectivity index (χ2v) is 4.60. The number of nitrogens with one attached hydrogen (secondary N) is 1. The summed E-state index contributed by atoms with van der Waals surface area (Å²) in [4.78, 5) is 4.32. The molecule has 90 valence electrons. The SMILES string of the molecule is CCCCC(C)Nc1ccc2ncccc2c1. The summed E-state index contributed by atoms with van der Waals surface area (Å²) in [6.07, 6.45) is 5.60. The Morgan fingerprint density at radius 1 is 1.29 bits per heavy atom. The molecule has 0 amide bonds. The van der Waals surface area contributed by atoms with Crippen LogP contribution in [0.15, 0.2) is 36.5 Å². The predicted octanol–water partition coefficient (Wildman–Crippen LogP) is 4.23. The fourth-order valence-corrected chi connectivity index (χ4v) is 2.03. The Morgan fingerprint density at radius 2 is 2.18 bits per heavy atom. The van der Waals surface area contributed by atoms with E-state index in [1.54, 1.807) is 0 Å². The number of rotatable bonds is 5. The highest BCUT2D eigenvalue weighted by Crippen LogP contribution is 2.18. The first kappa shape index (κ1) is 11.9. The third-order valence-corrected chi connectivity index (χ3v) is 3.01. The van der Waals surface area contributed by atoms with Crippen LogP contribution in [-0.4, -0.2) is 11.0 Å². The lowest BCUT2D eigenvalue weighted by molar-refractivity contribution is 0.645. The smallest absolute Gasteiger partial charge is 0.0703 e. The van der Waals surface area contributed by atoms with Crippen molar-refractivity contribution in [2.45, 2.75) is 39.2 Å². The van der Waals surface area contributed by atoms with Crippen LogP contribution in [0.3, 0.4) is 0 Å². The van der Waals surface area contributed by atoms with Crippen molar-refractivity contribution >= 4 is 16.6 Å². The van der Waals surface area contributed by atoms with Gasteiger partial charge in [-0.25, -0.2) is 0 Å². The van der Waals surface area contributed by atoms with Crippen LogP contribution in [0, 0.1) is 0 Å². The topological polar surface area (TPSA) is 24.9 Å². The predicted molar refractivity (Wildman–Crippen MR) is 74.4 cm³/mol. The van der Waals surface area contributed by atoms with E-state index in [-0.39, 0.29) is 0 Å². The fraction of sp³-hybridized carbons (Fsp3) is 0.400. The van der Waals surface area contributed by atoms with Crippen molar-refractivity contribution in [2.24, 2.45) is 0 Å². The van der Waals surface area contributed by atoms with Crippen molar-refractivity contribution in [1.82, 2.24) is 4.98 Å². The van der Waals surface area contributed by atoms with Crippen LogP contribution < -0.4 is 5.32 Å². The second kappa shape index (κ2) is 5.67. The molecule has 0 saturated heterocycles. The van der Waals surface area contributed by atoms with E-state index < -0.39 is 0 Å². The average Bonchev–Trinajstić information content (AvgIpc) is 2.36. The van der Waals surface area contributed by atoms with Gasteiger partial charge in [-0.3, -0.25) is 4.98 Å². The molecule has 2 rings (SSSR count). The zero-order valence-corrected chi connectivity index (χ0v) is 10.6. The summed E-state index contributed by atoms with van der Waals surface area (Å²) in [7, 11) is 0. The lowest BCUT2D eigenvalue weighted by Gasteiger charge is -2.15. The van der Waals surface area contributed by atoms with E-state index in [2.05, 4.69) is 48.4 Å². The van der Waals surface area contributed by atoms with Crippen LogP contribution >= 0.6 is 0 Å². The summed E-state index contributed by atoms with van der Waals surface area (Å²) in [5.74, 6) is 0. The summed E-state index contributed by atoms with van der Waals surface area (Å²) in [6.45, 7) is 4.47. The number of unbranched alkanes of at least 4 members (excludes halogenated alkanes) is 1. The molecule has 1 aromatic heterocycles. The molecule has 0 aliphatic heterocycles. The molecular weight excluding hydrogens is 208 g/mol. The highest BCUT2D eigenvalue weighted by atomic mass is 14.9. The molecule has 0 saturated carbocycles. The maximum absolute atomic E-state index is 4.32. The minimum absolute atomic E-state index is 0.532. The first-order valence-corrected chi connectivity index (χ1v) is 6.41. The molecule has 0 aliphatic carbocycles. The monoisotopic (exact) mass is 228 g/mol. The Balaban J connectivity index is 2.08. The zero-order valence-electron chi connectivity index (χ0n) is 10.6. The largest absolute Gasteiger partial charge is 0.383 e. The number of hydrogen-bond acceptors (Lipinski definition) is 2. The van der Waals surface area contributed by atoms with Crippen LogP contribution in [0.1, 0.15) is 33.1 Å². The fourth-order valence-electron chi connectivity index (χ4n) is 2.03. The van der Waals surface area contributed by atoms with Gasteiger partial charge in [-0.05, 0) is 37.6 Å². The molecule has 1 atom stereocenters. The summed E-state index contributed by atoms with van der Waals surface area (Å²) < 4.78 is 0. The van der Waals surface area contributed by atoms with Gasteiger partial charge in [0, 0.05) is 23.3 Å². The van der Waals surface area contributed by atoms with Crippen LogP contribution in [-0.2, 0) is 0 Å². The Hall–Kier alpha value is -1.57. The van der Waals surface area contributed by atoms with Gasteiger partial charge in [0.1, 0.15) is 0 Å². The number of benzene rings is 1. The maximum Gasteiger partial charge on any atom is 0.0703 e. The van der Waals surface area contributed by atoms with Gasteiger partial charge in [-0.15, -0.1) is 0 Å². The van der Waals surface area contributed by atoms with Crippen molar-refractivity contribution in [3.63, 3.8) is 0 Å². The zero-order chi connectivity index (χ0) is 12.1. The molecule has 2 aromatic rings. The molecule has 2 heteroatoms. The Kier molecular flexibility index (Phi) is 3.97. The van der Waals surface area contributed by atoms with Crippen molar-refractivity contribution in [3.8, 4) is 0 Å². The van der Waals surface area contributed by atoms with Crippen LogP contribution in [0.2, 0.25) is 0 Å². The molecule has 0 radical (unpaired) electrons. The van der Waals surface area contributed by atoms with Crippen molar-refractivity contribution in [2.75, 3.05) is 5.32 Å². The second-order valence-electron chi connectivity index (χ2n) is 4.60. The summed E-state index contributed by atoms with van der Waals surface area (Å²) in [6, 6.07) is 11.0. The van der Waals surface area contributed by atoms with Crippen LogP contribution in [0.5, 0.6) is 0 Å². The number of nitrogens with zero attached hydrogens (tertiary/aromatic N) is 1. The molecular formula is C15H20N2. The first-order chi connectivity index (χ1) is 8.29. The third-order valence-electron chi connectivity index (χ3n) is 3.01. The first-order valence-electron chi connectivity index (χ1n) is 6.41. The van der Waals surface area contributed by atoms with Crippen LogP contribution in [0.25, 0.3) is 10.9 Å². The molecule has 2 nitrogen and oxygen atoms in total. The van der Waals surface area contributed by atoms with Crippen molar-refractivity contribution in [1.29, 1.82) is 0 Å². The molecule has 1 N–H and O–H groups in total.